The first kappa shape index (κ1) is 24.1. The minimum atomic E-state index is -0.772. The molecule has 1 aromatic heterocycles. The molecule has 2 unspecified atom stereocenters. The number of rotatable bonds is 9. The highest BCUT2D eigenvalue weighted by molar-refractivity contribution is 6.04. The smallest absolute Gasteiger partial charge is 0.377 e. The molecule has 1 aliphatic rings. The lowest BCUT2D eigenvalue weighted by molar-refractivity contribution is -0.121. The van der Waals surface area contributed by atoms with Crippen LogP contribution in [0.4, 0.5) is 0 Å². The molecule has 3 rings (SSSR count). The van der Waals surface area contributed by atoms with Crippen molar-refractivity contribution in [2.75, 3.05) is 6.61 Å². The topological polar surface area (TPSA) is 126 Å². The van der Waals surface area contributed by atoms with Crippen LogP contribution in [0.15, 0.2) is 99.8 Å². The molecule has 2 heterocycles. The molecule has 0 spiro atoms. The van der Waals surface area contributed by atoms with Gasteiger partial charge in [0.1, 0.15) is 0 Å². The summed E-state index contributed by atoms with van der Waals surface area (Å²) in [4.78, 5) is 33.2. The van der Waals surface area contributed by atoms with E-state index in [1.807, 2.05) is 30.3 Å². The van der Waals surface area contributed by atoms with Crippen LogP contribution in [-0.4, -0.2) is 46.8 Å². The minimum absolute atomic E-state index is 0.00254. The molecule has 0 bridgehead atoms. The summed E-state index contributed by atoms with van der Waals surface area (Å²) in [5.74, 6) is -2.19. The Labute approximate surface area is 196 Å². The van der Waals surface area contributed by atoms with Gasteiger partial charge in [-0.05, 0) is 18.1 Å². The van der Waals surface area contributed by atoms with Crippen LogP contribution < -0.4 is 5.32 Å². The number of allylic oxidation sites excluding steroid dienone is 3. The van der Waals surface area contributed by atoms with Crippen LogP contribution in [0.3, 0.4) is 0 Å². The fourth-order valence-electron chi connectivity index (χ4n) is 3.22. The maximum absolute atomic E-state index is 13.3. The number of amidine groups is 1. The largest absolute Gasteiger partial charge is 0.493 e. The van der Waals surface area contributed by atoms with E-state index in [1.165, 1.54) is 18.4 Å². The lowest BCUT2D eigenvalue weighted by Gasteiger charge is -2.20. The zero-order valence-electron chi connectivity index (χ0n) is 18.5. The van der Waals surface area contributed by atoms with Gasteiger partial charge in [-0.15, -0.1) is 0 Å². The molecule has 2 N–H and O–H groups in total. The molecule has 0 aliphatic carbocycles. The zero-order chi connectivity index (χ0) is 24.5. The lowest BCUT2D eigenvalue weighted by Crippen LogP contribution is -2.38. The number of aromatic nitrogens is 1. The van der Waals surface area contributed by atoms with Crippen molar-refractivity contribution in [3.63, 3.8) is 0 Å². The highest BCUT2D eigenvalue weighted by atomic mass is 16.6. The van der Waals surface area contributed by atoms with Gasteiger partial charge >= 0.3 is 5.97 Å². The molecule has 0 radical (unpaired) electrons. The van der Waals surface area contributed by atoms with Crippen LogP contribution in [0.5, 0.6) is 0 Å². The van der Waals surface area contributed by atoms with Crippen LogP contribution >= 0.6 is 0 Å². The van der Waals surface area contributed by atoms with Gasteiger partial charge in [-0.25, -0.2) is 9.79 Å². The van der Waals surface area contributed by atoms with Gasteiger partial charge in [0.05, 0.1) is 18.6 Å². The van der Waals surface area contributed by atoms with E-state index in [-0.39, 0.29) is 35.7 Å². The summed E-state index contributed by atoms with van der Waals surface area (Å²) in [5, 5.41) is 16.8. The zero-order valence-corrected chi connectivity index (χ0v) is 18.5. The van der Waals surface area contributed by atoms with Crippen LogP contribution in [0.25, 0.3) is 0 Å². The summed E-state index contributed by atoms with van der Waals surface area (Å²) in [6.07, 6.45) is 7.62. The van der Waals surface area contributed by atoms with Crippen LogP contribution in [0.1, 0.15) is 34.7 Å². The van der Waals surface area contributed by atoms with E-state index in [1.54, 1.807) is 25.2 Å². The number of aliphatic hydroxyl groups is 1. The number of hydrogen-bond acceptors (Lipinski definition) is 8. The molecule has 9 heteroatoms. The van der Waals surface area contributed by atoms with Gasteiger partial charge in [0, 0.05) is 18.4 Å². The predicted octanol–water partition coefficient (Wildman–Crippen LogP) is 3.65. The average Bonchev–Trinajstić information content (AvgIpc) is 3.25. The Morgan fingerprint density at radius 2 is 2.06 bits per heavy atom. The number of aliphatic imine (C=N–C) groups is 2. The van der Waals surface area contributed by atoms with E-state index in [4.69, 9.17) is 9.26 Å². The van der Waals surface area contributed by atoms with E-state index in [9.17, 15) is 14.7 Å². The molecule has 1 aliphatic heterocycles. The molecule has 9 nitrogen and oxygen atoms in total. The Hall–Kier alpha value is -4.53. The number of nitrogens with zero attached hydrogens (tertiary/aromatic N) is 3. The maximum atomic E-state index is 13.3. The van der Waals surface area contributed by atoms with Gasteiger partial charge in [0.15, 0.2) is 11.5 Å². The normalized spacial score (nSPS) is 16.5. The Kier molecular flexibility index (Phi) is 8.07. The Bertz CT molecular complexity index is 1190. The molecule has 0 saturated heterocycles. The van der Waals surface area contributed by atoms with Crippen LogP contribution in [0, 0.1) is 0 Å². The molecule has 34 heavy (non-hydrogen) atoms. The van der Waals surface area contributed by atoms with Gasteiger partial charge < -0.3 is 19.7 Å². The molecule has 0 fully saturated rings. The first-order valence-corrected chi connectivity index (χ1v) is 10.4. The molecule has 1 aromatic carbocycles. The number of nitrogens with one attached hydrogen (secondary N) is 1. The van der Waals surface area contributed by atoms with Crippen molar-refractivity contribution in [2.24, 2.45) is 9.98 Å². The molecule has 0 saturated carbocycles. The van der Waals surface area contributed by atoms with Crippen molar-refractivity contribution >= 4 is 23.9 Å². The molecule has 2 atom stereocenters. The Balaban J connectivity index is 1.82. The average molecular weight is 460 g/mol. The van der Waals surface area contributed by atoms with Crippen molar-refractivity contribution in [1.29, 1.82) is 0 Å². The van der Waals surface area contributed by atoms with E-state index in [0.717, 1.165) is 5.56 Å². The highest BCUT2D eigenvalue weighted by Gasteiger charge is 2.26. The number of carbonyl (C=O) groups is 2. The van der Waals surface area contributed by atoms with Crippen molar-refractivity contribution in [3.8, 4) is 0 Å². The van der Waals surface area contributed by atoms with Gasteiger partial charge in [0.2, 0.25) is 17.6 Å². The monoisotopic (exact) mass is 460 g/mol. The Morgan fingerprint density at radius 3 is 2.74 bits per heavy atom. The second-order valence-corrected chi connectivity index (χ2v) is 7.02. The van der Waals surface area contributed by atoms with Crippen LogP contribution in [0.2, 0.25) is 0 Å². The second kappa shape index (κ2) is 11.4. The van der Waals surface area contributed by atoms with Crippen molar-refractivity contribution < 1.29 is 24.0 Å². The van der Waals surface area contributed by atoms with Crippen LogP contribution in [-0.2, 0) is 9.53 Å². The summed E-state index contributed by atoms with van der Waals surface area (Å²) < 4.78 is 9.83. The molecular weight excluding hydrogens is 436 g/mol. The summed E-state index contributed by atoms with van der Waals surface area (Å²) in [5.41, 5.74) is 1.54. The fraction of sp³-hybridized carbons (Fsp3) is 0.160. The first-order valence-electron chi connectivity index (χ1n) is 10.4. The quantitative estimate of drug-likeness (QED) is 0.434. The van der Waals surface area contributed by atoms with Gasteiger partial charge in [0.25, 0.3) is 0 Å². The standard InChI is InChI=1S/C25H24N4O5/c1-4-10-16(5-2)22(17-11-8-7-9-12-17)24(31)27-18-13-21(30)28-23(26-15-18)19-14-20(34-29-19)25(32)33-6-3/h4-5,7-15,18,22,30H,1-2,6H2,3H3,(H,27,31)/b16-10+. The SMILES string of the molecule is C=C/C=C(\C=C)C(C(=O)NC1C=NC(c2cc(C(=O)OCC)on2)=NC(O)=C1)c1ccccc1. The summed E-state index contributed by atoms with van der Waals surface area (Å²) >= 11 is 0. The van der Waals surface area contributed by atoms with Gasteiger partial charge in [-0.2, -0.15) is 4.99 Å². The van der Waals surface area contributed by atoms with E-state index in [0.29, 0.717) is 5.57 Å². The third kappa shape index (κ3) is 5.83. The number of benzene rings is 1. The lowest BCUT2D eigenvalue weighted by atomic mass is 9.89. The summed E-state index contributed by atoms with van der Waals surface area (Å²) in [7, 11) is 0. The molecular formula is C25H24N4O5. The van der Waals surface area contributed by atoms with Crippen molar-refractivity contribution in [1.82, 2.24) is 10.5 Å². The number of aliphatic hydroxyl groups excluding tert-OH is 1. The fourth-order valence-corrected chi connectivity index (χ4v) is 3.22. The van der Waals surface area contributed by atoms with E-state index < -0.39 is 17.9 Å². The molecule has 1 amide bonds. The second-order valence-electron chi connectivity index (χ2n) is 7.02. The minimum Gasteiger partial charge on any atom is -0.493 e. The Morgan fingerprint density at radius 1 is 1.29 bits per heavy atom. The number of ether oxygens (including phenoxy) is 1. The number of hydrogen-bond donors (Lipinski definition) is 2. The molecule has 2 aromatic rings. The van der Waals surface area contributed by atoms with E-state index >= 15 is 0 Å². The van der Waals surface area contributed by atoms with Crippen molar-refractivity contribution in [2.45, 2.75) is 18.9 Å². The predicted molar refractivity (Wildman–Crippen MR) is 128 cm³/mol. The van der Waals surface area contributed by atoms with Crippen molar-refractivity contribution in [3.05, 3.63) is 102 Å². The molecule has 174 valence electrons. The number of carbonyl (C=O) groups excluding carboxylic acids is 2. The van der Waals surface area contributed by atoms with E-state index in [2.05, 4.69) is 33.6 Å². The third-order valence-corrected chi connectivity index (χ3v) is 4.71. The summed E-state index contributed by atoms with van der Waals surface area (Å²) in [6, 6.07) is 9.75. The third-order valence-electron chi connectivity index (χ3n) is 4.71. The highest BCUT2D eigenvalue weighted by Crippen LogP contribution is 2.26. The summed E-state index contributed by atoms with van der Waals surface area (Å²) in [6.45, 7) is 9.36. The maximum Gasteiger partial charge on any atom is 0.377 e. The van der Waals surface area contributed by atoms with Gasteiger partial charge in [-0.3, -0.25) is 4.79 Å². The first-order chi connectivity index (χ1) is 16.5. The number of esters is 1. The number of amides is 1. The van der Waals surface area contributed by atoms with Gasteiger partial charge in [-0.1, -0.05) is 66.9 Å².